The van der Waals surface area contributed by atoms with Crippen molar-refractivity contribution in [1.29, 1.82) is 0 Å². The number of rotatable bonds is 10. The van der Waals surface area contributed by atoms with Crippen LogP contribution in [-0.4, -0.2) is 42.0 Å². The van der Waals surface area contributed by atoms with E-state index in [2.05, 4.69) is 15.2 Å². The summed E-state index contributed by atoms with van der Waals surface area (Å²) < 4.78 is 73.5. The van der Waals surface area contributed by atoms with E-state index < -0.39 is 27.7 Å². The van der Waals surface area contributed by atoms with Gasteiger partial charge in [-0.05, 0) is 55.0 Å². The van der Waals surface area contributed by atoms with Crippen LogP contribution < -0.4 is 9.46 Å². The monoisotopic (exact) mass is 536 g/mol. The van der Waals surface area contributed by atoms with Gasteiger partial charge in [-0.15, -0.1) is 0 Å². The van der Waals surface area contributed by atoms with Crippen molar-refractivity contribution >= 4 is 15.9 Å². The number of nitrogens with zero attached hydrogens (tertiary/aromatic N) is 2. The lowest BCUT2D eigenvalue weighted by molar-refractivity contribution is -0.111. The summed E-state index contributed by atoms with van der Waals surface area (Å²) in [6.45, 7) is 4.31. The van der Waals surface area contributed by atoms with Crippen LogP contribution in [-0.2, 0) is 16.4 Å². The van der Waals surface area contributed by atoms with E-state index in [0.717, 1.165) is 0 Å². The Hall–Kier alpha value is -3.41. The van der Waals surface area contributed by atoms with Crippen molar-refractivity contribution in [2.45, 2.75) is 50.5 Å². The number of carbonyl (C=O) groups is 1. The fraction of sp³-hybridized carbons (Fsp3) is 0.400. The van der Waals surface area contributed by atoms with E-state index in [-0.39, 0.29) is 47.4 Å². The summed E-state index contributed by atoms with van der Waals surface area (Å²) in [4.78, 5) is 17.5. The normalized spacial score (nSPS) is 15.4. The minimum atomic E-state index is -4.22. The van der Waals surface area contributed by atoms with Crippen molar-refractivity contribution in [2.24, 2.45) is 11.8 Å². The van der Waals surface area contributed by atoms with Crippen LogP contribution in [0.25, 0.3) is 11.3 Å². The summed E-state index contributed by atoms with van der Waals surface area (Å²) in [5, 5.41) is 5.56. The number of hydrogen-bond donors (Lipinski definition) is 2. The van der Waals surface area contributed by atoms with Crippen LogP contribution in [0.3, 0.4) is 0 Å². The highest BCUT2D eigenvalue weighted by molar-refractivity contribution is 7.90. The molecule has 37 heavy (non-hydrogen) atoms. The number of H-pyrrole nitrogens is 1. The third kappa shape index (κ3) is 6.68. The van der Waals surface area contributed by atoms with E-state index in [1.165, 1.54) is 36.5 Å². The van der Waals surface area contributed by atoms with Crippen LogP contribution in [0.2, 0.25) is 0 Å². The van der Waals surface area contributed by atoms with Gasteiger partial charge in [-0.2, -0.15) is 13.5 Å². The first-order valence-electron chi connectivity index (χ1n) is 11.8. The van der Waals surface area contributed by atoms with Gasteiger partial charge in [-0.1, -0.05) is 13.8 Å². The number of hydrogen-bond acceptors (Lipinski definition) is 6. The van der Waals surface area contributed by atoms with E-state index >= 15 is 0 Å². The Morgan fingerprint density at radius 2 is 1.97 bits per heavy atom. The van der Waals surface area contributed by atoms with Gasteiger partial charge in [0.25, 0.3) is 15.9 Å². The fourth-order valence-corrected chi connectivity index (χ4v) is 4.95. The Morgan fingerprint density at radius 3 is 2.62 bits per heavy atom. The van der Waals surface area contributed by atoms with E-state index in [1.807, 2.05) is 18.6 Å². The molecule has 8 nitrogen and oxygen atoms in total. The molecule has 1 aromatic carbocycles. The molecule has 0 aliphatic heterocycles. The zero-order valence-corrected chi connectivity index (χ0v) is 21.1. The number of aromatic nitrogens is 3. The summed E-state index contributed by atoms with van der Waals surface area (Å²) in [5.74, 6) is -3.85. The maximum atomic E-state index is 14.3. The van der Waals surface area contributed by atoms with Gasteiger partial charge in [0.1, 0.15) is 11.6 Å². The third-order valence-corrected chi connectivity index (χ3v) is 7.19. The molecule has 0 unspecified atom stereocenters. The van der Waals surface area contributed by atoms with Gasteiger partial charge < -0.3 is 4.74 Å². The summed E-state index contributed by atoms with van der Waals surface area (Å²) in [6.07, 6.45) is 1.23. The second kappa shape index (κ2) is 10.5. The molecule has 198 valence electrons. The second-order valence-corrected chi connectivity index (χ2v) is 11.2. The Labute approximate surface area is 212 Å². The van der Waals surface area contributed by atoms with E-state index in [0.29, 0.717) is 30.0 Å². The number of aromatic amines is 1. The number of aryl methyl sites for hydroxylation is 1. The van der Waals surface area contributed by atoms with E-state index in [9.17, 15) is 26.4 Å². The van der Waals surface area contributed by atoms with Crippen LogP contribution in [0, 0.1) is 17.7 Å². The van der Waals surface area contributed by atoms with Crippen molar-refractivity contribution < 1.29 is 31.1 Å². The molecule has 0 atom stereocenters. The number of ether oxygens (including phenoxy) is 1. The lowest BCUT2D eigenvalue weighted by Crippen LogP contribution is -2.35. The molecule has 1 fully saturated rings. The number of alkyl halides is 2. The van der Waals surface area contributed by atoms with E-state index in [4.69, 9.17) is 4.74 Å². The molecule has 4 rings (SSSR count). The number of sulfonamides is 1. The molecular formula is C25H27F3N4O4S. The highest BCUT2D eigenvalue weighted by atomic mass is 32.2. The standard InChI is InChI=1S/C25H27F3N4O4S/c1-15(2)14-36-19-10-17(9-18(26)11-19)21-6-4-20(22(30-21)5-3-16-12-25(27,28)13-16)24(33)32-37(34,35)23-7-8-29-31-23/h4,6-11,15-16H,3,5,12-14H2,1-2H3,(H,29,31)(H,32,33). The lowest BCUT2D eigenvalue weighted by Gasteiger charge is -2.34. The van der Waals surface area contributed by atoms with Gasteiger partial charge in [-0.3, -0.25) is 14.9 Å². The molecule has 2 aromatic heterocycles. The summed E-state index contributed by atoms with van der Waals surface area (Å²) >= 11 is 0. The molecule has 0 saturated heterocycles. The molecule has 12 heteroatoms. The smallest absolute Gasteiger partial charge is 0.281 e. The van der Waals surface area contributed by atoms with Crippen molar-refractivity contribution in [3.63, 3.8) is 0 Å². The number of benzene rings is 1. The molecule has 2 N–H and O–H groups in total. The first-order valence-corrected chi connectivity index (χ1v) is 13.3. The van der Waals surface area contributed by atoms with Crippen molar-refractivity contribution in [2.75, 3.05) is 6.61 Å². The van der Waals surface area contributed by atoms with Crippen LogP contribution in [0.5, 0.6) is 5.75 Å². The summed E-state index contributed by atoms with van der Waals surface area (Å²) in [6, 6.07) is 8.20. The molecule has 1 aliphatic rings. The topological polar surface area (TPSA) is 114 Å². The maximum Gasteiger partial charge on any atom is 0.281 e. The first kappa shape index (κ1) is 26.6. The molecule has 3 aromatic rings. The molecule has 2 heterocycles. The Morgan fingerprint density at radius 1 is 1.22 bits per heavy atom. The highest BCUT2D eigenvalue weighted by Gasteiger charge is 2.44. The second-order valence-electron chi connectivity index (χ2n) is 9.60. The predicted molar refractivity (Wildman–Crippen MR) is 129 cm³/mol. The van der Waals surface area contributed by atoms with Gasteiger partial charge in [0.15, 0.2) is 5.03 Å². The summed E-state index contributed by atoms with van der Waals surface area (Å²) in [7, 11) is -4.22. The molecule has 0 spiro atoms. The van der Waals surface area contributed by atoms with Gasteiger partial charge >= 0.3 is 0 Å². The quantitative estimate of drug-likeness (QED) is 0.387. The first-order chi connectivity index (χ1) is 17.4. The molecule has 0 bridgehead atoms. The fourth-order valence-electron chi connectivity index (χ4n) is 4.07. The number of amides is 1. The highest BCUT2D eigenvalue weighted by Crippen LogP contribution is 2.44. The van der Waals surface area contributed by atoms with E-state index in [1.54, 1.807) is 6.07 Å². The van der Waals surface area contributed by atoms with Gasteiger partial charge in [-0.25, -0.2) is 17.9 Å². The number of nitrogens with one attached hydrogen (secondary N) is 2. The Balaban J connectivity index is 1.63. The largest absolute Gasteiger partial charge is 0.493 e. The van der Waals surface area contributed by atoms with Gasteiger partial charge in [0, 0.05) is 24.5 Å². The van der Waals surface area contributed by atoms with Gasteiger partial charge in [0.2, 0.25) is 5.92 Å². The zero-order chi connectivity index (χ0) is 26.8. The minimum Gasteiger partial charge on any atom is -0.493 e. The number of pyridine rings is 1. The van der Waals surface area contributed by atoms with Crippen molar-refractivity contribution in [3.05, 3.63) is 59.7 Å². The minimum absolute atomic E-state index is 0.0226. The van der Waals surface area contributed by atoms with Crippen LogP contribution in [0.1, 0.15) is 49.2 Å². The molecule has 1 saturated carbocycles. The number of carbonyl (C=O) groups excluding carboxylic acids is 1. The van der Waals surface area contributed by atoms with Gasteiger partial charge in [0.05, 0.1) is 29.8 Å². The van der Waals surface area contributed by atoms with Crippen molar-refractivity contribution in [1.82, 2.24) is 19.9 Å². The average Bonchev–Trinajstić information content (AvgIpc) is 3.35. The van der Waals surface area contributed by atoms with Crippen LogP contribution >= 0.6 is 0 Å². The van der Waals surface area contributed by atoms with Crippen LogP contribution in [0.4, 0.5) is 13.2 Å². The Kier molecular flexibility index (Phi) is 7.58. The van der Waals surface area contributed by atoms with Crippen LogP contribution in [0.15, 0.2) is 47.6 Å². The number of halogens is 3. The molecule has 0 radical (unpaired) electrons. The average molecular weight is 537 g/mol. The molecular weight excluding hydrogens is 509 g/mol. The third-order valence-electron chi connectivity index (χ3n) is 5.92. The van der Waals surface area contributed by atoms with Crippen molar-refractivity contribution in [3.8, 4) is 17.0 Å². The predicted octanol–water partition coefficient (Wildman–Crippen LogP) is 4.74. The lowest BCUT2D eigenvalue weighted by atomic mass is 9.78. The maximum absolute atomic E-state index is 14.3. The zero-order valence-electron chi connectivity index (χ0n) is 20.3. The Bertz CT molecular complexity index is 1370. The molecule has 1 amide bonds. The SMILES string of the molecule is CC(C)COc1cc(F)cc(-c2ccc(C(=O)NS(=O)(=O)c3ccn[nH]3)c(CCC3CC(F)(F)C3)n2)c1. The summed E-state index contributed by atoms with van der Waals surface area (Å²) in [5.41, 5.74) is 0.924. The molecule has 1 aliphatic carbocycles.